The van der Waals surface area contributed by atoms with Crippen molar-refractivity contribution in [2.45, 2.75) is 6.92 Å². The molecule has 13 heavy (non-hydrogen) atoms. The van der Waals surface area contributed by atoms with Crippen molar-refractivity contribution in [3.05, 3.63) is 33.6 Å². The number of carbonyl (C=O) groups excluding carboxylic acids is 1. The lowest BCUT2D eigenvalue weighted by Gasteiger charge is -2.00. The molecule has 0 aliphatic carbocycles. The zero-order valence-corrected chi connectivity index (χ0v) is 6.85. The summed E-state index contributed by atoms with van der Waals surface area (Å²) in [4.78, 5) is 24.1. The van der Waals surface area contributed by atoms with E-state index >= 15 is 0 Å². The van der Waals surface area contributed by atoms with Gasteiger partial charge in [0.05, 0.1) is 10.5 Å². The quantitative estimate of drug-likeness (QED) is 0.527. The van der Waals surface area contributed by atoms with E-state index in [-0.39, 0.29) is 16.8 Å². The van der Waals surface area contributed by atoms with Gasteiger partial charge in [-0.25, -0.2) is 0 Å². The maximum Gasteiger partial charge on any atom is 0.291 e. The van der Waals surface area contributed by atoms with Crippen LogP contribution < -0.4 is 5.73 Å². The molecule has 6 nitrogen and oxygen atoms in total. The van der Waals surface area contributed by atoms with Crippen LogP contribution in [-0.4, -0.2) is 15.8 Å². The fraction of sp³-hybridized carbons (Fsp3) is 0.143. The fourth-order valence-electron chi connectivity index (χ4n) is 0.947. The van der Waals surface area contributed by atoms with Crippen LogP contribution in [0.25, 0.3) is 0 Å². The molecular formula is C7H7N3O3. The standard InChI is InChI=1S/C7H7N3O3/c1-4-5(7(8)11)2-9-3-6(4)10(12)13/h2-3H,1H3,(H2,8,11). The minimum absolute atomic E-state index is 0.0780. The summed E-state index contributed by atoms with van der Waals surface area (Å²) in [6, 6.07) is 0. The van der Waals surface area contributed by atoms with Gasteiger partial charge in [-0.15, -0.1) is 0 Å². The second-order valence-electron chi connectivity index (χ2n) is 2.45. The van der Waals surface area contributed by atoms with Gasteiger partial charge in [-0.3, -0.25) is 19.9 Å². The van der Waals surface area contributed by atoms with E-state index in [1.54, 1.807) is 0 Å². The van der Waals surface area contributed by atoms with E-state index in [2.05, 4.69) is 4.98 Å². The molecule has 1 rings (SSSR count). The van der Waals surface area contributed by atoms with E-state index in [0.717, 1.165) is 6.20 Å². The van der Waals surface area contributed by atoms with Gasteiger partial charge in [0, 0.05) is 11.8 Å². The number of nitrogens with two attached hydrogens (primary N) is 1. The fourth-order valence-corrected chi connectivity index (χ4v) is 0.947. The summed E-state index contributed by atoms with van der Waals surface area (Å²) in [5.74, 6) is -0.714. The molecule has 1 amide bonds. The molecule has 0 aromatic carbocycles. The second-order valence-corrected chi connectivity index (χ2v) is 2.45. The van der Waals surface area contributed by atoms with Crippen molar-refractivity contribution in [2.24, 2.45) is 5.73 Å². The van der Waals surface area contributed by atoms with Crippen LogP contribution in [0.1, 0.15) is 15.9 Å². The minimum atomic E-state index is -0.714. The Balaban J connectivity index is 3.35. The smallest absolute Gasteiger partial charge is 0.291 e. The Bertz CT molecular complexity index is 343. The van der Waals surface area contributed by atoms with Crippen LogP contribution in [0.2, 0.25) is 0 Å². The predicted octanol–water partition coefficient (Wildman–Crippen LogP) is 0.397. The summed E-state index contributed by atoms with van der Waals surface area (Å²) in [5, 5.41) is 10.4. The molecule has 0 aliphatic rings. The average Bonchev–Trinajstić information content (AvgIpc) is 2.03. The van der Waals surface area contributed by atoms with Gasteiger partial charge < -0.3 is 5.73 Å². The van der Waals surface area contributed by atoms with E-state index in [1.165, 1.54) is 13.1 Å². The number of amides is 1. The molecule has 0 atom stereocenters. The van der Waals surface area contributed by atoms with Gasteiger partial charge >= 0.3 is 0 Å². The van der Waals surface area contributed by atoms with E-state index in [4.69, 9.17) is 5.73 Å². The second kappa shape index (κ2) is 3.18. The first-order valence-corrected chi connectivity index (χ1v) is 3.43. The number of carbonyl (C=O) groups is 1. The number of hydrogen-bond acceptors (Lipinski definition) is 4. The first-order valence-electron chi connectivity index (χ1n) is 3.43. The largest absolute Gasteiger partial charge is 0.366 e. The number of nitrogens with zero attached hydrogens (tertiary/aromatic N) is 2. The van der Waals surface area contributed by atoms with E-state index in [0.29, 0.717) is 0 Å². The molecule has 0 spiro atoms. The molecule has 0 radical (unpaired) electrons. The van der Waals surface area contributed by atoms with Crippen LogP contribution in [-0.2, 0) is 0 Å². The van der Waals surface area contributed by atoms with E-state index in [9.17, 15) is 14.9 Å². The molecule has 0 fully saturated rings. The zero-order chi connectivity index (χ0) is 10.0. The molecule has 0 saturated heterocycles. The average molecular weight is 181 g/mol. The lowest BCUT2D eigenvalue weighted by molar-refractivity contribution is -0.385. The summed E-state index contributed by atoms with van der Waals surface area (Å²) in [5.41, 5.74) is 5.11. The van der Waals surface area contributed by atoms with Crippen LogP contribution in [0.5, 0.6) is 0 Å². The highest BCUT2D eigenvalue weighted by Gasteiger charge is 2.16. The van der Waals surface area contributed by atoms with Crippen molar-refractivity contribution in [3.8, 4) is 0 Å². The van der Waals surface area contributed by atoms with Crippen LogP contribution >= 0.6 is 0 Å². The van der Waals surface area contributed by atoms with Crippen molar-refractivity contribution < 1.29 is 9.72 Å². The molecule has 1 heterocycles. The van der Waals surface area contributed by atoms with Crippen LogP contribution in [0.3, 0.4) is 0 Å². The third kappa shape index (κ3) is 1.61. The summed E-state index contributed by atoms with van der Waals surface area (Å²) < 4.78 is 0. The first kappa shape index (κ1) is 9.11. The monoisotopic (exact) mass is 181 g/mol. The Morgan fingerprint density at radius 2 is 2.23 bits per heavy atom. The van der Waals surface area contributed by atoms with Gasteiger partial charge in [-0.1, -0.05) is 0 Å². The Morgan fingerprint density at radius 1 is 1.62 bits per heavy atom. The highest BCUT2D eigenvalue weighted by Crippen LogP contribution is 2.18. The third-order valence-electron chi connectivity index (χ3n) is 1.65. The molecule has 0 unspecified atom stereocenters. The molecule has 2 N–H and O–H groups in total. The number of rotatable bonds is 2. The van der Waals surface area contributed by atoms with Crippen molar-refractivity contribution in [3.63, 3.8) is 0 Å². The number of hydrogen-bond donors (Lipinski definition) is 1. The zero-order valence-electron chi connectivity index (χ0n) is 6.85. The van der Waals surface area contributed by atoms with Crippen molar-refractivity contribution >= 4 is 11.6 Å². The highest BCUT2D eigenvalue weighted by molar-refractivity contribution is 5.94. The lowest BCUT2D eigenvalue weighted by atomic mass is 10.1. The van der Waals surface area contributed by atoms with Gasteiger partial charge in [-0.05, 0) is 6.92 Å². The Morgan fingerprint density at radius 3 is 2.69 bits per heavy atom. The topological polar surface area (TPSA) is 99.1 Å². The summed E-state index contributed by atoms with van der Waals surface area (Å²) in [6.45, 7) is 1.46. The summed E-state index contributed by atoms with van der Waals surface area (Å²) >= 11 is 0. The van der Waals surface area contributed by atoms with E-state index < -0.39 is 10.8 Å². The van der Waals surface area contributed by atoms with Crippen molar-refractivity contribution in [1.82, 2.24) is 4.98 Å². The van der Waals surface area contributed by atoms with Gasteiger partial charge in [0.2, 0.25) is 0 Å². The molecule has 6 heteroatoms. The van der Waals surface area contributed by atoms with Crippen molar-refractivity contribution in [2.75, 3.05) is 0 Å². The van der Waals surface area contributed by atoms with E-state index in [1.807, 2.05) is 0 Å². The summed E-state index contributed by atoms with van der Waals surface area (Å²) in [7, 11) is 0. The molecule has 0 saturated carbocycles. The molecule has 0 bridgehead atoms. The SMILES string of the molecule is Cc1c(C(N)=O)cncc1[N+](=O)[O-]. The number of nitro groups is 1. The van der Waals surface area contributed by atoms with Gasteiger partial charge in [0.1, 0.15) is 6.20 Å². The number of primary amides is 1. The summed E-state index contributed by atoms with van der Waals surface area (Å²) in [6.07, 6.45) is 2.30. The number of aromatic nitrogens is 1. The highest BCUT2D eigenvalue weighted by atomic mass is 16.6. The molecule has 68 valence electrons. The van der Waals surface area contributed by atoms with Gasteiger partial charge in [0.25, 0.3) is 11.6 Å². The Labute approximate surface area is 73.5 Å². The van der Waals surface area contributed by atoms with Crippen LogP contribution in [0.15, 0.2) is 12.4 Å². The molecular weight excluding hydrogens is 174 g/mol. The van der Waals surface area contributed by atoms with Crippen molar-refractivity contribution in [1.29, 1.82) is 0 Å². The third-order valence-corrected chi connectivity index (χ3v) is 1.65. The normalized spacial score (nSPS) is 9.62. The van der Waals surface area contributed by atoms with Crippen LogP contribution in [0, 0.1) is 17.0 Å². The lowest BCUT2D eigenvalue weighted by Crippen LogP contribution is -2.13. The van der Waals surface area contributed by atoms with Crippen LogP contribution in [0.4, 0.5) is 5.69 Å². The molecule has 0 aliphatic heterocycles. The maximum absolute atomic E-state index is 10.8. The molecule has 1 aromatic rings. The first-order chi connectivity index (χ1) is 6.04. The van der Waals surface area contributed by atoms with Gasteiger partial charge in [0.15, 0.2) is 0 Å². The van der Waals surface area contributed by atoms with Gasteiger partial charge in [-0.2, -0.15) is 0 Å². The maximum atomic E-state index is 10.8. The Hall–Kier alpha value is -1.98. The minimum Gasteiger partial charge on any atom is -0.366 e. The Kier molecular flexibility index (Phi) is 2.23. The number of pyridine rings is 1. The predicted molar refractivity (Wildman–Crippen MR) is 44.1 cm³/mol. The molecule has 1 aromatic heterocycles.